The van der Waals surface area contributed by atoms with Crippen LogP contribution in [-0.4, -0.2) is 40.3 Å². The van der Waals surface area contributed by atoms with E-state index in [0.717, 1.165) is 10.9 Å². The zero-order valence-electron chi connectivity index (χ0n) is 14.9. The Hall–Kier alpha value is -2.97. The molecule has 1 N–H and O–H groups in total. The maximum absolute atomic E-state index is 13.1. The molecule has 27 heavy (non-hydrogen) atoms. The van der Waals surface area contributed by atoms with Crippen molar-refractivity contribution in [3.8, 4) is 5.88 Å². The predicted octanol–water partition coefficient (Wildman–Crippen LogP) is 2.08. The number of pyridine rings is 1. The molecule has 1 aliphatic rings. The van der Waals surface area contributed by atoms with Crippen LogP contribution in [0.2, 0.25) is 0 Å². The smallest absolute Gasteiger partial charge is 0.349 e. The van der Waals surface area contributed by atoms with Gasteiger partial charge in [-0.1, -0.05) is 11.6 Å². The minimum atomic E-state index is -0.916. The molecule has 1 fully saturated rings. The van der Waals surface area contributed by atoms with Crippen molar-refractivity contribution in [1.29, 1.82) is 0 Å². The fourth-order valence-corrected chi connectivity index (χ4v) is 3.25. The first-order valence-corrected chi connectivity index (χ1v) is 8.60. The lowest BCUT2D eigenvalue weighted by Gasteiger charge is -2.16. The maximum atomic E-state index is 13.1. The van der Waals surface area contributed by atoms with Crippen molar-refractivity contribution >= 4 is 22.5 Å². The zero-order chi connectivity index (χ0) is 19.1. The molecule has 1 aliphatic heterocycles. The number of ether oxygens (including phenoxy) is 3. The monoisotopic (exact) mass is 370 g/mol. The summed E-state index contributed by atoms with van der Waals surface area (Å²) in [6.45, 7) is 4.46. The van der Waals surface area contributed by atoms with Crippen LogP contribution in [0.3, 0.4) is 0 Å². The van der Waals surface area contributed by atoms with Crippen molar-refractivity contribution < 1.29 is 24.1 Å². The van der Waals surface area contributed by atoms with Crippen molar-refractivity contribution in [1.82, 2.24) is 9.38 Å². The number of aromatic nitrogens is 2. The molecule has 1 saturated heterocycles. The van der Waals surface area contributed by atoms with Crippen LogP contribution in [0.15, 0.2) is 29.1 Å². The van der Waals surface area contributed by atoms with E-state index >= 15 is 0 Å². The Morgan fingerprint density at radius 3 is 2.78 bits per heavy atom. The topological polar surface area (TPSA) is 99.4 Å². The quantitative estimate of drug-likeness (QED) is 0.557. The van der Waals surface area contributed by atoms with Crippen LogP contribution < -0.4 is 5.56 Å². The van der Waals surface area contributed by atoms with Gasteiger partial charge in [0.05, 0.1) is 30.9 Å². The summed E-state index contributed by atoms with van der Waals surface area (Å²) in [5.41, 5.74) is 1.04. The molecule has 2 aromatic heterocycles. The van der Waals surface area contributed by atoms with Crippen molar-refractivity contribution in [2.45, 2.75) is 20.1 Å². The highest BCUT2D eigenvalue weighted by Crippen LogP contribution is 2.31. The highest BCUT2D eigenvalue weighted by Gasteiger charge is 2.27. The molecule has 0 spiro atoms. The Morgan fingerprint density at radius 1 is 1.33 bits per heavy atom. The Kier molecular flexibility index (Phi) is 4.29. The van der Waals surface area contributed by atoms with Gasteiger partial charge in [0.2, 0.25) is 5.88 Å². The lowest BCUT2D eigenvalue weighted by molar-refractivity contribution is -0.0433. The van der Waals surface area contributed by atoms with Gasteiger partial charge in [0.15, 0.2) is 17.5 Å². The third kappa shape index (κ3) is 2.83. The SMILES string of the molecule is CCOC(=O)c1c(O)nc2c(C3OCCO3)cc3cc(C)ccc3n2c1=O. The van der Waals surface area contributed by atoms with Gasteiger partial charge in [-0.15, -0.1) is 0 Å². The lowest BCUT2D eigenvalue weighted by atomic mass is 10.1. The number of carbonyl (C=O) groups excluding carboxylic acids is 1. The number of hydrogen-bond donors (Lipinski definition) is 1. The minimum Gasteiger partial charge on any atom is -0.492 e. The molecule has 0 bridgehead atoms. The summed E-state index contributed by atoms with van der Waals surface area (Å²) in [4.78, 5) is 29.4. The van der Waals surface area contributed by atoms with Crippen molar-refractivity contribution in [2.75, 3.05) is 19.8 Å². The molecular weight excluding hydrogens is 352 g/mol. The maximum Gasteiger partial charge on any atom is 0.349 e. The average Bonchev–Trinajstić information content (AvgIpc) is 3.15. The van der Waals surface area contributed by atoms with Crippen LogP contribution in [0.1, 0.15) is 34.7 Å². The first-order chi connectivity index (χ1) is 13.0. The minimum absolute atomic E-state index is 0.0736. The van der Waals surface area contributed by atoms with Crippen LogP contribution in [0.4, 0.5) is 0 Å². The van der Waals surface area contributed by atoms with E-state index < -0.39 is 29.3 Å². The number of benzene rings is 1. The van der Waals surface area contributed by atoms with Gasteiger partial charge < -0.3 is 19.3 Å². The molecule has 3 aromatic rings. The third-order valence-electron chi connectivity index (χ3n) is 4.41. The van der Waals surface area contributed by atoms with E-state index in [-0.39, 0.29) is 12.3 Å². The Bertz CT molecular complexity index is 1110. The number of aryl methyl sites for hydroxylation is 1. The first kappa shape index (κ1) is 17.4. The number of nitrogens with zero attached hydrogens (tertiary/aromatic N) is 2. The number of esters is 1. The van der Waals surface area contributed by atoms with E-state index in [1.807, 2.05) is 25.1 Å². The zero-order valence-corrected chi connectivity index (χ0v) is 14.9. The van der Waals surface area contributed by atoms with E-state index in [1.165, 1.54) is 4.40 Å². The van der Waals surface area contributed by atoms with E-state index in [4.69, 9.17) is 14.2 Å². The summed E-state index contributed by atoms with van der Waals surface area (Å²) in [6, 6.07) is 7.36. The largest absolute Gasteiger partial charge is 0.492 e. The molecule has 8 nitrogen and oxygen atoms in total. The fourth-order valence-electron chi connectivity index (χ4n) is 3.25. The average molecular weight is 370 g/mol. The molecule has 1 aromatic carbocycles. The highest BCUT2D eigenvalue weighted by atomic mass is 16.7. The number of aromatic hydroxyl groups is 1. The van der Waals surface area contributed by atoms with Crippen LogP contribution in [-0.2, 0) is 14.2 Å². The number of rotatable bonds is 3. The van der Waals surface area contributed by atoms with E-state index in [9.17, 15) is 14.7 Å². The van der Waals surface area contributed by atoms with Gasteiger partial charge in [-0.05, 0) is 37.4 Å². The highest BCUT2D eigenvalue weighted by molar-refractivity contribution is 5.93. The molecule has 0 saturated carbocycles. The first-order valence-electron chi connectivity index (χ1n) is 8.60. The Labute approximate surface area is 153 Å². The van der Waals surface area contributed by atoms with Crippen LogP contribution in [0, 0.1) is 6.92 Å². The second-order valence-electron chi connectivity index (χ2n) is 6.23. The summed E-state index contributed by atoms with van der Waals surface area (Å²) in [6.07, 6.45) is -0.704. The summed E-state index contributed by atoms with van der Waals surface area (Å²) in [7, 11) is 0. The molecular formula is C19H18N2O6. The summed E-state index contributed by atoms with van der Waals surface area (Å²) < 4.78 is 17.3. The number of carbonyl (C=O) groups is 1. The summed E-state index contributed by atoms with van der Waals surface area (Å²) in [5.74, 6) is -1.59. The number of hydrogen-bond acceptors (Lipinski definition) is 7. The van der Waals surface area contributed by atoms with Crippen LogP contribution in [0.25, 0.3) is 16.6 Å². The second kappa shape index (κ2) is 6.64. The summed E-state index contributed by atoms with van der Waals surface area (Å²) >= 11 is 0. The number of fused-ring (bicyclic) bond motifs is 3. The molecule has 4 rings (SSSR count). The van der Waals surface area contributed by atoms with Gasteiger partial charge in [0.25, 0.3) is 5.56 Å². The molecule has 140 valence electrons. The second-order valence-corrected chi connectivity index (χ2v) is 6.23. The molecule has 8 heteroatoms. The molecule has 0 aliphatic carbocycles. The molecule has 0 unspecified atom stereocenters. The predicted molar refractivity (Wildman–Crippen MR) is 96.0 cm³/mol. The molecule has 3 heterocycles. The molecule has 0 radical (unpaired) electrons. The fraction of sp³-hybridized carbons (Fsp3) is 0.316. The van der Waals surface area contributed by atoms with E-state index in [2.05, 4.69) is 4.98 Å². The van der Waals surface area contributed by atoms with Crippen molar-refractivity contribution in [3.05, 3.63) is 51.3 Å². The van der Waals surface area contributed by atoms with Crippen LogP contribution in [0.5, 0.6) is 5.88 Å². The van der Waals surface area contributed by atoms with Gasteiger partial charge in [-0.25, -0.2) is 4.79 Å². The molecule has 0 atom stereocenters. The van der Waals surface area contributed by atoms with Crippen molar-refractivity contribution in [2.24, 2.45) is 0 Å². The Balaban J connectivity index is 2.12. The Morgan fingerprint density at radius 2 is 2.07 bits per heavy atom. The van der Waals surface area contributed by atoms with Crippen molar-refractivity contribution in [3.63, 3.8) is 0 Å². The van der Waals surface area contributed by atoms with Crippen LogP contribution >= 0.6 is 0 Å². The lowest BCUT2D eigenvalue weighted by Crippen LogP contribution is -2.26. The van der Waals surface area contributed by atoms with Gasteiger partial charge in [0, 0.05) is 0 Å². The van der Waals surface area contributed by atoms with Gasteiger partial charge in [-0.3, -0.25) is 9.20 Å². The van der Waals surface area contributed by atoms with E-state index in [0.29, 0.717) is 24.3 Å². The standard InChI is InChI=1S/C19H18N2O6/c1-3-25-18(24)14-16(22)20-15-12(19-26-6-7-27-19)9-11-8-10(2)4-5-13(11)21(15)17(14)23/h4-5,8-9,19,22H,3,6-7H2,1-2H3. The third-order valence-corrected chi connectivity index (χ3v) is 4.41. The van der Waals surface area contributed by atoms with Gasteiger partial charge in [-0.2, -0.15) is 4.98 Å². The van der Waals surface area contributed by atoms with Gasteiger partial charge in [0.1, 0.15) is 0 Å². The van der Waals surface area contributed by atoms with Gasteiger partial charge >= 0.3 is 5.97 Å². The van der Waals surface area contributed by atoms with E-state index in [1.54, 1.807) is 13.0 Å². The normalized spacial score (nSPS) is 14.9. The molecule has 0 amide bonds. The summed E-state index contributed by atoms with van der Waals surface area (Å²) in [5, 5.41) is 11.0.